The summed E-state index contributed by atoms with van der Waals surface area (Å²) in [5, 5.41) is 3.95. The third-order valence-corrected chi connectivity index (χ3v) is 2.40. The van der Waals surface area contributed by atoms with Crippen molar-refractivity contribution in [1.29, 1.82) is 0 Å². The first kappa shape index (κ1) is 16.8. The van der Waals surface area contributed by atoms with Gasteiger partial charge >= 0.3 is 58.4 Å². The first-order valence-electron chi connectivity index (χ1n) is 5.35. The van der Waals surface area contributed by atoms with Crippen LogP contribution in [0.15, 0.2) is 36.7 Å². The van der Waals surface area contributed by atoms with Gasteiger partial charge in [-0.1, -0.05) is 12.1 Å². The van der Waals surface area contributed by atoms with Crippen LogP contribution < -0.4 is 61.6 Å². The Balaban J connectivity index is 0.00000180. The standard InChI is InChI=1S/C11H11BF3N2O.K/c1-17-7-9(6-16-17)8-18-11-4-2-3-10(5-11)12(13,14)15;/h2-7H,8H2,1H3;/q-1;+1. The topological polar surface area (TPSA) is 27.1 Å². The quantitative estimate of drug-likeness (QED) is 0.681. The van der Waals surface area contributed by atoms with E-state index in [0.717, 1.165) is 17.7 Å². The van der Waals surface area contributed by atoms with E-state index in [0.29, 0.717) is 0 Å². The summed E-state index contributed by atoms with van der Waals surface area (Å²) in [5.74, 6) is 0.204. The zero-order chi connectivity index (χ0) is 13.2. The molecule has 0 atom stereocenters. The summed E-state index contributed by atoms with van der Waals surface area (Å²) in [4.78, 5) is 0. The zero-order valence-electron chi connectivity index (χ0n) is 10.7. The second-order valence-electron chi connectivity index (χ2n) is 3.96. The normalized spacial score (nSPS) is 10.9. The van der Waals surface area contributed by atoms with Crippen molar-refractivity contribution in [1.82, 2.24) is 9.78 Å². The molecule has 3 nitrogen and oxygen atoms in total. The Morgan fingerprint density at radius 3 is 2.63 bits per heavy atom. The smallest absolute Gasteiger partial charge is 0.489 e. The largest absolute Gasteiger partial charge is 1.00 e. The molecule has 0 saturated carbocycles. The first-order valence-corrected chi connectivity index (χ1v) is 5.35. The van der Waals surface area contributed by atoms with Crippen LogP contribution in [0.3, 0.4) is 0 Å². The van der Waals surface area contributed by atoms with Crippen LogP contribution in [0.25, 0.3) is 0 Å². The molecule has 96 valence electrons. The van der Waals surface area contributed by atoms with E-state index in [2.05, 4.69) is 5.10 Å². The van der Waals surface area contributed by atoms with Crippen LogP contribution in [0.1, 0.15) is 5.56 Å². The van der Waals surface area contributed by atoms with Gasteiger partial charge in [0.05, 0.1) is 6.20 Å². The molecule has 1 heterocycles. The Kier molecular flexibility index (Phi) is 6.13. The number of hydrogen-bond acceptors (Lipinski definition) is 2. The second kappa shape index (κ2) is 6.94. The Morgan fingerprint density at radius 1 is 1.32 bits per heavy atom. The van der Waals surface area contributed by atoms with Gasteiger partial charge in [-0.25, -0.2) is 0 Å². The minimum atomic E-state index is -4.99. The van der Waals surface area contributed by atoms with Gasteiger partial charge in [0.1, 0.15) is 12.4 Å². The molecule has 0 fully saturated rings. The molecule has 0 saturated heterocycles. The molecule has 0 unspecified atom stereocenters. The van der Waals surface area contributed by atoms with Gasteiger partial charge in [-0.3, -0.25) is 4.68 Å². The average Bonchev–Trinajstić information content (AvgIpc) is 2.72. The van der Waals surface area contributed by atoms with Crippen LogP contribution in [-0.2, 0) is 13.7 Å². The zero-order valence-corrected chi connectivity index (χ0v) is 13.8. The van der Waals surface area contributed by atoms with Crippen molar-refractivity contribution >= 4 is 12.4 Å². The van der Waals surface area contributed by atoms with Gasteiger partial charge in [-0.2, -0.15) is 5.10 Å². The number of nitrogens with zero attached hydrogens (tertiary/aromatic N) is 2. The Hall–Kier alpha value is -0.279. The summed E-state index contributed by atoms with van der Waals surface area (Å²) in [6.07, 6.45) is 3.36. The molecule has 0 aliphatic heterocycles. The van der Waals surface area contributed by atoms with Crippen LogP contribution in [0.4, 0.5) is 12.9 Å². The molecule has 0 radical (unpaired) electrons. The number of benzene rings is 1. The van der Waals surface area contributed by atoms with Gasteiger partial charge in [-0.05, 0) is 12.1 Å². The Labute approximate surface area is 151 Å². The number of ether oxygens (including phenoxy) is 1. The summed E-state index contributed by atoms with van der Waals surface area (Å²) < 4.78 is 44.5. The third kappa shape index (κ3) is 4.96. The van der Waals surface area contributed by atoms with Crippen LogP contribution in [-0.4, -0.2) is 16.8 Å². The predicted molar refractivity (Wildman–Crippen MR) is 62.7 cm³/mol. The molecule has 2 aromatic rings. The van der Waals surface area contributed by atoms with Gasteiger partial charge < -0.3 is 17.7 Å². The molecule has 8 heteroatoms. The van der Waals surface area contributed by atoms with Crippen LogP contribution >= 0.6 is 0 Å². The van der Waals surface area contributed by atoms with E-state index in [4.69, 9.17) is 4.74 Å². The van der Waals surface area contributed by atoms with Gasteiger partial charge in [0.15, 0.2) is 0 Å². The molecule has 0 N–H and O–H groups in total. The van der Waals surface area contributed by atoms with E-state index in [-0.39, 0.29) is 63.7 Å². The Morgan fingerprint density at radius 2 is 2.05 bits per heavy atom. The minimum Gasteiger partial charge on any atom is -0.489 e. The Bertz CT molecular complexity index is 545. The van der Waals surface area contributed by atoms with Gasteiger partial charge in [0, 0.05) is 18.8 Å². The van der Waals surface area contributed by atoms with E-state index in [1.54, 1.807) is 24.1 Å². The molecule has 0 aliphatic carbocycles. The van der Waals surface area contributed by atoms with Gasteiger partial charge in [0.25, 0.3) is 0 Å². The number of aromatic nitrogens is 2. The SMILES string of the molecule is Cn1cc(COc2cccc([B-](F)(F)F)c2)cn1.[K+]. The summed E-state index contributed by atoms with van der Waals surface area (Å²) >= 11 is 0. The van der Waals surface area contributed by atoms with Crippen molar-refractivity contribution in [2.45, 2.75) is 6.61 Å². The van der Waals surface area contributed by atoms with E-state index in [1.165, 1.54) is 12.1 Å². The number of hydrogen-bond donors (Lipinski definition) is 0. The summed E-state index contributed by atoms with van der Waals surface area (Å²) in [6.45, 7) is -4.79. The molecule has 19 heavy (non-hydrogen) atoms. The first-order chi connectivity index (χ1) is 8.45. The third-order valence-electron chi connectivity index (χ3n) is 2.40. The maximum Gasteiger partial charge on any atom is 1.00 e. The average molecular weight is 294 g/mol. The van der Waals surface area contributed by atoms with Crippen molar-refractivity contribution in [3.63, 3.8) is 0 Å². The van der Waals surface area contributed by atoms with E-state index < -0.39 is 12.4 Å². The monoisotopic (exact) mass is 294 g/mol. The molecule has 0 amide bonds. The number of rotatable bonds is 4. The fourth-order valence-corrected chi connectivity index (χ4v) is 1.52. The fourth-order valence-electron chi connectivity index (χ4n) is 1.52. The molecule has 1 aromatic heterocycles. The van der Waals surface area contributed by atoms with Gasteiger partial charge in [0.2, 0.25) is 0 Å². The van der Waals surface area contributed by atoms with Crippen LogP contribution in [0.5, 0.6) is 5.75 Å². The van der Waals surface area contributed by atoms with Crippen LogP contribution in [0, 0.1) is 0 Å². The fraction of sp³-hybridized carbons (Fsp3) is 0.182. The van der Waals surface area contributed by atoms with E-state index >= 15 is 0 Å². The summed E-state index contributed by atoms with van der Waals surface area (Å²) in [7, 11) is 1.76. The minimum absolute atomic E-state index is 0. The maximum absolute atomic E-state index is 12.5. The number of halogens is 3. The van der Waals surface area contributed by atoms with Crippen molar-refractivity contribution in [2.24, 2.45) is 7.05 Å². The van der Waals surface area contributed by atoms with Crippen LogP contribution in [0.2, 0.25) is 0 Å². The molecule has 2 rings (SSSR count). The molecular weight excluding hydrogens is 283 g/mol. The number of aryl methyl sites for hydroxylation is 1. The predicted octanol–water partition coefficient (Wildman–Crippen LogP) is -0.943. The maximum atomic E-state index is 12.5. The van der Waals surface area contributed by atoms with Crippen molar-refractivity contribution in [2.75, 3.05) is 0 Å². The van der Waals surface area contributed by atoms with E-state index in [9.17, 15) is 12.9 Å². The van der Waals surface area contributed by atoms with Crippen molar-refractivity contribution < 1.29 is 69.1 Å². The molecule has 0 bridgehead atoms. The van der Waals surface area contributed by atoms with E-state index in [1.807, 2.05) is 0 Å². The van der Waals surface area contributed by atoms with Crippen molar-refractivity contribution in [3.05, 3.63) is 42.2 Å². The molecule has 1 aromatic carbocycles. The molecule has 0 aliphatic rings. The second-order valence-corrected chi connectivity index (χ2v) is 3.96. The molecular formula is C11H11BF3KN2O. The summed E-state index contributed by atoms with van der Waals surface area (Å²) in [5.41, 5.74) is 0.152. The van der Waals surface area contributed by atoms with Gasteiger partial charge in [-0.15, -0.1) is 5.46 Å². The molecule has 0 spiro atoms. The summed E-state index contributed by atoms with van der Waals surface area (Å²) in [6, 6.07) is 4.89. The van der Waals surface area contributed by atoms with Crippen molar-refractivity contribution in [3.8, 4) is 5.75 Å².